The van der Waals surface area contributed by atoms with Crippen LogP contribution in [0.5, 0.6) is 5.75 Å². The lowest BCUT2D eigenvalue weighted by Crippen LogP contribution is -2.24. The Morgan fingerprint density at radius 3 is 2.59 bits per heavy atom. The molecule has 4 aromatic rings. The Hall–Kier alpha value is -3.12. The van der Waals surface area contributed by atoms with Crippen LogP contribution in [-0.2, 0) is 12.3 Å². The highest BCUT2D eigenvalue weighted by atomic mass is 32.2. The fraction of sp³-hybridized carbons (Fsp3) is 0.130. The van der Waals surface area contributed by atoms with Gasteiger partial charge in [0.2, 0.25) is 0 Å². The van der Waals surface area contributed by atoms with E-state index in [9.17, 15) is 9.18 Å². The van der Waals surface area contributed by atoms with Crippen LogP contribution < -0.4 is 10.3 Å². The molecule has 0 N–H and O–H groups in total. The number of ether oxygens (including phenoxy) is 1. The largest absolute Gasteiger partial charge is 0.497 e. The second kappa shape index (κ2) is 8.49. The summed E-state index contributed by atoms with van der Waals surface area (Å²) in [4.78, 5) is 17.9. The molecule has 0 unspecified atom stereocenters. The van der Waals surface area contributed by atoms with Gasteiger partial charge in [-0.3, -0.25) is 9.36 Å². The third kappa shape index (κ3) is 4.32. The number of halogens is 1. The van der Waals surface area contributed by atoms with E-state index in [2.05, 4.69) is 0 Å². The van der Waals surface area contributed by atoms with E-state index in [-0.39, 0.29) is 11.4 Å². The van der Waals surface area contributed by atoms with Crippen molar-refractivity contribution in [2.24, 2.45) is 0 Å². The third-order valence-electron chi connectivity index (χ3n) is 4.58. The van der Waals surface area contributed by atoms with Gasteiger partial charge in [0, 0.05) is 5.75 Å². The highest BCUT2D eigenvalue weighted by Gasteiger charge is 2.13. The number of para-hydroxylation sites is 1. The highest BCUT2D eigenvalue weighted by molar-refractivity contribution is 7.98. The molecule has 0 aliphatic carbocycles. The molecule has 0 bridgehead atoms. The lowest BCUT2D eigenvalue weighted by atomic mass is 10.2. The van der Waals surface area contributed by atoms with Crippen LogP contribution in [0.25, 0.3) is 10.9 Å². The second-order valence-corrected chi connectivity index (χ2v) is 7.51. The quantitative estimate of drug-likeness (QED) is 0.338. The fourth-order valence-electron chi connectivity index (χ4n) is 3.08. The van der Waals surface area contributed by atoms with Crippen molar-refractivity contribution in [3.63, 3.8) is 0 Å². The van der Waals surface area contributed by atoms with E-state index >= 15 is 0 Å². The average Bonchev–Trinajstić information content (AvgIpc) is 2.76. The summed E-state index contributed by atoms with van der Waals surface area (Å²) >= 11 is 1.46. The molecule has 0 aliphatic rings. The minimum Gasteiger partial charge on any atom is -0.497 e. The van der Waals surface area contributed by atoms with E-state index in [0.717, 1.165) is 16.9 Å². The molecule has 0 aliphatic heterocycles. The number of methoxy groups -OCH3 is 1. The summed E-state index contributed by atoms with van der Waals surface area (Å²) < 4.78 is 20.2. The molecule has 0 saturated heterocycles. The number of benzene rings is 3. The number of fused-ring (bicyclic) bond motifs is 1. The van der Waals surface area contributed by atoms with Crippen molar-refractivity contribution in [1.29, 1.82) is 0 Å². The van der Waals surface area contributed by atoms with E-state index in [1.54, 1.807) is 29.9 Å². The molecule has 0 atom stereocenters. The normalized spacial score (nSPS) is 11.0. The first kappa shape index (κ1) is 19.2. The molecule has 29 heavy (non-hydrogen) atoms. The smallest absolute Gasteiger partial charge is 0.262 e. The maximum absolute atomic E-state index is 13.2. The molecule has 4 rings (SSSR count). The molecule has 0 fully saturated rings. The van der Waals surface area contributed by atoms with E-state index < -0.39 is 0 Å². The zero-order valence-electron chi connectivity index (χ0n) is 15.8. The Labute approximate surface area is 172 Å². The number of hydrogen-bond acceptors (Lipinski definition) is 4. The Kier molecular flexibility index (Phi) is 5.62. The molecular weight excluding hydrogens is 387 g/mol. The molecule has 3 aromatic carbocycles. The lowest BCUT2D eigenvalue weighted by molar-refractivity contribution is 0.414. The first-order chi connectivity index (χ1) is 14.1. The Morgan fingerprint density at radius 1 is 1.00 bits per heavy atom. The van der Waals surface area contributed by atoms with Gasteiger partial charge in [0.25, 0.3) is 5.56 Å². The molecule has 4 nitrogen and oxygen atoms in total. The van der Waals surface area contributed by atoms with E-state index in [4.69, 9.17) is 9.72 Å². The van der Waals surface area contributed by atoms with Gasteiger partial charge >= 0.3 is 0 Å². The van der Waals surface area contributed by atoms with Gasteiger partial charge in [-0.1, -0.05) is 48.2 Å². The topological polar surface area (TPSA) is 44.1 Å². The summed E-state index contributed by atoms with van der Waals surface area (Å²) in [7, 11) is 1.62. The van der Waals surface area contributed by atoms with Gasteiger partial charge < -0.3 is 4.74 Å². The highest BCUT2D eigenvalue weighted by Crippen LogP contribution is 2.23. The van der Waals surface area contributed by atoms with Gasteiger partial charge in [0.05, 0.1) is 24.6 Å². The van der Waals surface area contributed by atoms with Crippen molar-refractivity contribution in [3.8, 4) is 5.75 Å². The van der Waals surface area contributed by atoms with Crippen LogP contribution in [0.2, 0.25) is 0 Å². The van der Waals surface area contributed by atoms with E-state index in [1.807, 2.05) is 42.5 Å². The Balaban J connectivity index is 1.73. The van der Waals surface area contributed by atoms with Crippen LogP contribution in [-0.4, -0.2) is 16.7 Å². The molecule has 6 heteroatoms. The zero-order valence-corrected chi connectivity index (χ0v) is 16.7. The molecule has 0 spiro atoms. The van der Waals surface area contributed by atoms with Crippen LogP contribution in [0.15, 0.2) is 82.7 Å². The maximum Gasteiger partial charge on any atom is 0.262 e. The minimum absolute atomic E-state index is 0.0833. The number of thioether (sulfide) groups is 1. The molecular formula is C23H19FN2O2S. The van der Waals surface area contributed by atoms with Crippen molar-refractivity contribution in [3.05, 3.63) is 100 Å². The average molecular weight is 406 g/mol. The van der Waals surface area contributed by atoms with Gasteiger partial charge in [-0.25, -0.2) is 9.37 Å². The summed E-state index contributed by atoms with van der Waals surface area (Å²) in [5, 5.41) is 1.21. The van der Waals surface area contributed by atoms with Crippen LogP contribution in [0, 0.1) is 5.82 Å². The summed E-state index contributed by atoms with van der Waals surface area (Å²) in [5.74, 6) is 1.06. The van der Waals surface area contributed by atoms with Crippen molar-refractivity contribution in [1.82, 2.24) is 9.55 Å². The summed E-state index contributed by atoms with van der Waals surface area (Å²) in [6.07, 6.45) is 0. The monoisotopic (exact) mass is 406 g/mol. The van der Waals surface area contributed by atoms with Crippen molar-refractivity contribution in [2.45, 2.75) is 17.5 Å². The zero-order chi connectivity index (χ0) is 20.2. The number of aromatic nitrogens is 2. The Morgan fingerprint density at radius 2 is 1.79 bits per heavy atom. The molecule has 0 saturated carbocycles. The number of nitrogens with zero attached hydrogens (tertiary/aromatic N) is 2. The first-order valence-electron chi connectivity index (χ1n) is 9.14. The van der Waals surface area contributed by atoms with Crippen LogP contribution in [0.1, 0.15) is 11.1 Å². The lowest BCUT2D eigenvalue weighted by Gasteiger charge is -2.14. The maximum atomic E-state index is 13.2. The van der Waals surface area contributed by atoms with Gasteiger partial charge in [-0.05, 0) is 47.5 Å². The molecule has 0 radical (unpaired) electrons. The standard InChI is InChI=1S/C23H19FN2O2S/c1-28-19-6-4-5-17(13-19)14-26-22(27)20-7-2-3-8-21(20)25-23(26)29-15-16-9-11-18(24)12-10-16/h2-13H,14-15H2,1H3. The summed E-state index contributed by atoms with van der Waals surface area (Å²) in [6.45, 7) is 0.389. The van der Waals surface area contributed by atoms with Gasteiger partial charge in [0.1, 0.15) is 11.6 Å². The second-order valence-electron chi connectivity index (χ2n) is 6.57. The number of rotatable bonds is 6. The first-order valence-corrected chi connectivity index (χ1v) is 10.1. The third-order valence-corrected chi connectivity index (χ3v) is 5.63. The van der Waals surface area contributed by atoms with Gasteiger partial charge in [0.15, 0.2) is 5.16 Å². The van der Waals surface area contributed by atoms with Gasteiger partial charge in [-0.2, -0.15) is 0 Å². The summed E-state index contributed by atoms with van der Waals surface area (Å²) in [6, 6.07) is 21.3. The molecule has 0 amide bonds. The number of hydrogen-bond donors (Lipinski definition) is 0. The van der Waals surface area contributed by atoms with Crippen LogP contribution in [0.4, 0.5) is 4.39 Å². The van der Waals surface area contributed by atoms with Crippen LogP contribution >= 0.6 is 11.8 Å². The van der Waals surface area contributed by atoms with Crippen molar-refractivity contribution in [2.75, 3.05) is 7.11 Å². The molecule has 146 valence electrons. The predicted molar refractivity (Wildman–Crippen MR) is 114 cm³/mol. The molecule has 1 heterocycles. The summed E-state index contributed by atoms with van der Waals surface area (Å²) in [5.41, 5.74) is 2.50. The van der Waals surface area contributed by atoms with Gasteiger partial charge in [-0.15, -0.1) is 0 Å². The SMILES string of the molecule is COc1cccc(Cn2c(SCc3ccc(F)cc3)nc3ccccc3c2=O)c1. The predicted octanol–water partition coefficient (Wildman–Crippen LogP) is 4.88. The minimum atomic E-state index is -0.266. The van der Waals surface area contributed by atoms with Crippen LogP contribution in [0.3, 0.4) is 0 Å². The van der Waals surface area contributed by atoms with E-state index in [1.165, 1.54) is 23.9 Å². The fourth-order valence-corrected chi connectivity index (χ4v) is 4.03. The van der Waals surface area contributed by atoms with Crippen molar-refractivity contribution >= 4 is 22.7 Å². The van der Waals surface area contributed by atoms with Crippen molar-refractivity contribution < 1.29 is 9.13 Å². The Bertz CT molecular complexity index is 1210. The van der Waals surface area contributed by atoms with E-state index in [0.29, 0.717) is 28.4 Å². The molecule has 1 aromatic heterocycles.